The number of anilines is 1. The third kappa shape index (κ3) is 4.78. The van der Waals surface area contributed by atoms with E-state index in [0.717, 1.165) is 43.0 Å². The van der Waals surface area contributed by atoms with Crippen molar-refractivity contribution in [2.24, 2.45) is 0 Å². The van der Waals surface area contributed by atoms with Crippen LogP contribution >= 0.6 is 0 Å². The molecule has 7 heteroatoms. The second-order valence-corrected chi connectivity index (χ2v) is 7.98. The van der Waals surface area contributed by atoms with Crippen LogP contribution in [-0.2, 0) is 0 Å². The minimum Gasteiger partial charge on any atom is -0.369 e. The van der Waals surface area contributed by atoms with Gasteiger partial charge in [-0.05, 0) is 30.3 Å². The van der Waals surface area contributed by atoms with Crippen LogP contribution in [0.25, 0.3) is 0 Å². The Labute approximate surface area is 187 Å². The van der Waals surface area contributed by atoms with Crippen LogP contribution in [0.15, 0.2) is 78.9 Å². The molecule has 0 atom stereocenters. The number of carbonyl (C=O) groups is 1. The molecule has 32 heavy (non-hydrogen) atoms. The van der Waals surface area contributed by atoms with Gasteiger partial charge in [-0.2, -0.15) is 0 Å². The lowest BCUT2D eigenvalue weighted by molar-refractivity contribution is -0.385. The van der Waals surface area contributed by atoms with Gasteiger partial charge in [0.2, 0.25) is 0 Å². The third-order valence-electron chi connectivity index (χ3n) is 5.83. The molecule has 1 heterocycles. The molecule has 0 aliphatic carbocycles. The number of rotatable bonds is 6. The minimum atomic E-state index is -0.497. The van der Waals surface area contributed by atoms with Crippen molar-refractivity contribution in [3.05, 3.63) is 106 Å². The van der Waals surface area contributed by atoms with E-state index >= 15 is 0 Å². The second kappa shape index (κ2) is 9.62. The van der Waals surface area contributed by atoms with E-state index in [9.17, 15) is 14.9 Å². The Bertz CT molecular complexity index is 1040. The monoisotopic (exact) mass is 430 g/mol. The lowest BCUT2D eigenvalue weighted by Gasteiger charge is -2.34. The van der Waals surface area contributed by atoms with E-state index < -0.39 is 16.9 Å². The Morgan fingerprint density at radius 2 is 1.47 bits per heavy atom. The SMILES string of the molecule is CN1CCN(c2ccc([N+](=O)[O-])c(C(=O)NC(c3ccccc3)c3ccccc3)c2)CC1. The lowest BCUT2D eigenvalue weighted by Crippen LogP contribution is -2.44. The van der Waals surface area contributed by atoms with Crippen LogP contribution in [0.5, 0.6) is 0 Å². The first-order valence-electron chi connectivity index (χ1n) is 10.7. The Morgan fingerprint density at radius 3 is 2.00 bits per heavy atom. The number of nitro groups is 1. The van der Waals surface area contributed by atoms with Gasteiger partial charge in [-0.1, -0.05) is 60.7 Å². The van der Waals surface area contributed by atoms with Crippen LogP contribution in [-0.4, -0.2) is 49.0 Å². The van der Waals surface area contributed by atoms with E-state index in [2.05, 4.69) is 22.2 Å². The van der Waals surface area contributed by atoms with Crippen molar-refractivity contribution >= 4 is 17.3 Å². The molecule has 1 aliphatic rings. The van der Waals surface area contributed by atoms with E-state index in [1.54, 1.807) is 12.1 Å². The fraction of sp³-hybridized carbons (Fsp3) is 0.240. The third-order valence-corrected chi connectivity index (χ3v) is 5.83. The zero-order valence-electron chi connectivity index (χ0n) is 18.0. The Balaban J connectivity index is 1.67. The van der Waals surface area contributed by atoms with Gasteiger partial charge in [0.1, 0.15) is 5.56 Å². The van der Waals surface area contributed by atoms with Crippen molar-refractivity contribution < 1.29 is 9.72 Å². The first kappa shape index (κ1) is 21.5. The molecule has 4 rings (SSSR count). The minimum absolute atomic E-state index is 0.0725. The molecule has 164 valence electrons. The molecule has 0 spiro atoms. The molecule has 0 radical (unpaired) electrons. The molecule has 3 aromatic carbocycles. The molecule has 0 unspecified atom stereocenters. The van der Waals surface area contributed by atoms with Crippen LogP contribution in [0, 0.1) is 10.1 Å². The Morgan fingerprint density at radius 1 is 0.906 bits per heavy atom. The number of amides is 1. The summed E-state index contributed by atoms with van der Waals surface area (Å²) < 4.78 is 0. The fourth-order valence-corrected chi connectivity index (χ4v) is 3.99. The maximum atomic E-state index is 13.4. The quantitative estimate of drug-likeness (QED) is 0.475. The molecule has 0 bridgehead atoms. The van der Waals surface area contributed by atoms with Crippen LogP contribution in [0.2, 0.25) is 0 Å². The number of likely N-dealkylation sites (N-methyl/N-ethyl adjacent to an activating group) is 1. The van der Waals surface area contributed by atoms with Crippen LogP contribution < -0.4 is 10.2 Å². The van der Waals surface area contributed by atoms with Crippen LogP contribution in [0.3, 0.4) is 0 Å². The van der Waals surface area contributed by atoms with Gasteiger partial charge < -0.3 is 15.1 Å². The van der Waals surface area contributed by atoms with Crippen LogP contribution in [0.1, 0.15) is 27.5 Å². The fourth-order valence-electron chi connectivity index (χ4n) is 3.99. The van der Waals surface area contributed by atoms with Crippen molar-refractivity contribution in [3.63, 3.8) is 0 Å². The van der Waals surface area contributed by atoms with Gasteiger partial charge in [-0.3, -0.25) is 14.9 Å². The molecule has 7 nitrogen and oxygen atoms in total. The Kier molecular flexibility index (Phi) is 6.47. The maximum Gasteiger partial charge on any atom is 0.282 e. The zero-order chi connectivity index (χ0) is 22.5. The van der Waals surface area contributed by atoms with Crippen molar-refractivity contribution in [3.8, 4) is 0 Å². The molecule has 0 saturated carbocycles. The molecule has 1 amide bonds. The highest BCUT2D eigenvalue weighted by Gasteiger charge is 2.26. The van der Waals surface area contributed by atoms with Gasteiger partial charge in [0.15, 0.2) is 0 Å². The highest BCUT2D eigenvalue weighted by atomic mass is 16.6. The average molecular weight is 431 g/mol. The summed E-state index contributed by atoms with van der Waals surface area (Å²) in [7, 11) is 2.07. The smallest absolute Gasteiger partial charge is 0.282 e. The normalized spacial score (nSPS) is 14.4. The van der Waals surface area contributed by atoms with E-state index in [4.69, 9.17) is 0 Å². The van der Waals surface area contributed by atoms with Gasteiger partial charge in [0.25, 0.3) is 11.6 Å². The summed E-state index contributed by atoms with van der Waals surface area (Å²) in [5, 5.41) is 14.7. The van der Waals surface area contributed by atoms with E-state index in [1.807, 2.05) is 60.7 Å². The largest absolute Gasteiger partial charge is 0.369 e. The molecule has 0 aromatic heterocycles. The molecule has 1 aliphatic heterocycles. The molecule has 1 saturated heterocycles. The summed E-state index contributed by atoms with van der Waals surface area (Å²) in [5.41, 5.74) is 2.52. The summed E-state index contributed by atoms with van der Waals surface area (Å²) in [6.07, 6.45) is 0. The van der Waals surface area contributed by atoms with E-state index in [0.29, 0.717) is 0 Å². The van der Waals surface area contributed by atoms with Crippen molar-refractivity contribution in [1.29, 1.82) is 0 Å². The summed E-state index contributed by atoms with van der Waals surface area (Å²) in [6.45, 7) is 3.43. The predicted octanol–water partition coefficient (Wildman–Crippen LogP) is 3.87. The highest BCUT2D eigenvalue weighted by molar-refractivity contribution is 5.99. The number of nitro benzene ring substituents is 1. The number of benzene rings is 3. The molecule has 3 aromatic rings. The number of hydrogen-bond acceptors (Lipinski definition) is 5. The average Bonchev–Trinajstić information content (AvgIpc) is 2.83. The van der Waals surface area contributed by atoms with E-state index in [-0.39, 0.29) is 11.3 Å². The lowest BCUT2D eigenvalue weighted by atomic mass is 9.98. The summed E-state index contributed by atoms with van der Waals surface area (Å²) in [6, 6.07) is 23.6. The zero-order valence-corrected chi connectivity index (χ0v) is 18.0. The summed E-state index contributed by atoms with van der Waals surface area (Å²) in [4.78, 5) is 29.0. The predicted molar refractivity (Wildman–Crippen MR) is 125 cm³/mol. The topological polar surface area (TPSA) is 78.7 Å². The number of hydrogen-bond donors (Lipinski definition) is 1. The molecule has 1 N–H and O–H groups in total. The number of nitrogens with zero attached hydrogens (tertiary/aromatic N) is 3. The second-order valence-electron chi connectivity index (χ2n) is 7.98. The Hall–Kier alpha value is -3.71. The number of piperazine rings is 1. The standard InChI is InChI=1S/C25H26N4O3/c1-27-14-16-28(17-15-27)21-12-13-23(29(31)32)22(18-21)25(30)26-24(19-8-4-2-5-9-19)20-10-6-3-7-11-20/h2-13,18,24H,14-17H2,1H3,(H,26,30). The molecule has 1 fully saturated rings. The van der Waals surface area contributed by atoms with Gasteiger partial charge in [0, 0.05) is 37.9 Å². The number of carbonyl (C=O) groups excluding carboxylic acids is 1. The maximum absolute atomic E-state index is 13.4. The van der Waals surface area contributed by atoms with Crippen LogP contribution in [0.4, 0.5) is 11.4 Å². The van der Waals surface area contributed by atoms with E-state index in [1.165, 1.54) is 6.07 Å². The first-order valence-corrected chi connectivity index (χ1v) is 10.7. The summed E-state index contributed by atoms with van der Waals surface area (Å²) in [5.74, 6) is -0.467. The molecular formula is C25H26N4O3. The highest BCUT2D eigenvalue weighted by Crippen LogP contribution is 2.28. The molecular weight excluding hydrogens is 404 g/mol. The first-order chi connectivity index (χ1) is 15.5. The van der Waals surface area contributed by atoms with Gasteiger partial charge in [-0.15, -0.1) is 0 Å². The number of nitrogens with one attached hydrogen (secondary N) is 1. The van der Waals surface area contributed by atoms with Gasteiger partial charge >= 0.3 is 0 Å². The summed E-state index contributed by atoms with van der Waals surface area (Å²) >= 11 is 0. The van der Waals surface area contributed by atoms with Crippen molar-refractivity contribution in [2.75, 3.05) is 38.1 Å². The van der Waals surface area contributed by atoms with Crippen molar-refractivity contribution in [1.82, 2.24) is 10.2 Å². The van der Waals surface area contributed by atoms with Crippen molar-refractivity contribution in [2.45, 2.75) is 6.04 Å². The van der Waals surface area contributed by atoms with Gasteiger partial charge in [0.05, 0.1) is 11.0 Å². The van der Waals surface area contributed by atoms with Gasteiger partial charge in [-0.25, -0.2) is 0 Å².